The highest BCUT2D eigenvalue weighted by Crippen LogP contribution is 2.46. The highest BCUT2D eigenvalue weighted by molar-refractivity contribution is 5.53. The fourth-order valence-electron chi connectivity index (χ4n) is 2.46. The Morgan fingerprint density at radius 1 is 0.594 bits per heavy atom. The average Bonchev–Trinajstić information content (AvgIpc) is 2.72. The molecule has 0 aliphatic heterocycles. The number of ether oxygens (including phenoxy) is 2. The van der Waals surface area contributed by atoms with Crippen molar-refractivity contribution in [2.24, 2.45) is 0 Å². The number of anilines is 2. The van der Waals surface area contributed by atoms with Crippen LogP contribution >= 0.6 is 0 Å². The van der Waals surface area contributed by atoms with E-state index in [2.05, 4.69) is 9.47 Å². The minimum Gasteiger partial charge on any atom is -0.450 e. The second kappa shape index (κ2) is 8.05. The second-order valence-electron chi connectivity index (χ2n) is 6.13. The van der Waals surface area contributed by atoms with Gasteiger partial charge in [-0.1, -0.05) is 0 Å². The van der Waals surface area contributed by atoms with E-state index >= 15 is 0 Å². The summed E-state index contributed by atoms with van der Waals surface area (Å²) in [7, 11) is 0. The van der Waals surface area contributed by atoms with Crippen molar-refractivity contribution in [2.45, 2.75) is 6.18 Å². The molecule has 0 saturated heterocycles. The number of benzene rings is 3. The zero-order chi connectivity index (χ0) is 24.0. The van der Waals surface area contributed by atoms with Crippen LogP contribution in [0.1, 0.15) is 5.56 Å². The first-order valence-corrected chi connectivity index (χ1v) is 8.24. The molecular weight excluding hydrogens is 459 g/mol. The van der Waals surface area contributed by atoms with Gasteiger partial charge < -0.3 is 20.9 Å². The van der Waals surface area contributed by atoms with E-state index in [0.29, 0.717) is 24.3 Å². The number of nitrogen functional groups attached to an aromatic ring is 2. The fourth-order valence-corrected chi connectivity index (χ4v) is 2.46. The third kappa shape index (κ3) is 4.05. The molecule has 0 atom stereocenters. The summed E-state index contributed by atoms with van der Waals surface area (Å²) in [4.78, 5) is 0. The molecule has 3 rings (SSSR count). The van der Waals surface area contributed by atoms with Crippen LogP contribution in [0.15, 0.2) is 30.3 Å². The zero-order valence-electron chi connectivity index (χ0n) is 15.3. The van der Waals surface area contributed by atoms with Gasteiger partial charge >= 0.3 is 6.18 Å². The summed E-state index contributed by atoms with van der Waals surface area (Å²) in [6.45, 7) is 0. The van der Waals surface area contributed by atoms with Crippen molar-refractivity contribution >= 4 is 11.4 Å². The Labute approximate surface area is 172 Å². The van der Waals surface area contributed by atoms with Crippen LogP contribution in [0.3, 0.4) is 0 Å². The predicted molar refractivity (Wildman–Crippen MR) is 93.0 cm³/mol. The van der Waals surface area contributed by atoms with Crippen LogP contribution in [-0.2, 0) is 6.18 Å². The van der Waals surface area contributed by atoms with E-state index in [4.69, 9.17) is 11.5 Å². The summed E-state index contributed by atoms with van der Waals surface area (Å²) in [6, 6.07) is 1.91. The van der Waals surface area contributed by atoms with E-state index in [1.54, 1.807) is 0 Å². The van der Waals surface area contributed by atoms with Crippen molar-refractivity contribution in [3.05, 3.63) is 70.8 Å². The Morgan fingerprint density at radius 3 is 1.47 bits per heavy atom. The third-order valence-electron chi connectivity index (χ3n) is 4.04. The van der Waals surface area contributed by atoms with Crippen LogP contribution in [0, 0.1) is 34.9 Å². The van der Waals surface area contributed by atoms with Gasteiger partial charge in [-0.05, 0) is 30.3 Å². The van der Waals surface area contributed by atoms with Crippen LogP contribution in [0.25, 0.3) is 0 Å². The first-order valence-electron chi connectivity index (χ1n) is 8.24. The molecule has 32 heavy (non-hydrogen) atoms. The molecule has 0 amide bonds. The lowest BCUT2D eigenvalue weighted by molar-refractivity contribution is -0.139. The summed E-state index contributed by atoms with van der Waals surface area (Å²) in [5, 5.41) is 0. The molecule has 4 N–H and O–H groups in total. The van der Waals surface area contributed by atoms with Gasteiger partial charge in [0.2, 0.25) is 11.6 Å². The van der Waals surface area contributed by atoms with Gasteiger partial charge in [0, 0.05) is 0 Å². The monoisotopic (exact) mass is 468 g/mol. The predicted octanol–water partition coefficient (Wildman–Crippen LogP) is 6.29. The molecule has 0 radical (unpaired) electrons. The van der Waals surface area contributed by atoms with Crippen LogP contribution in [-0.4, -0.2) is 0 Å². The van der Waals surface area contributed by atoms with Crippen molar-refractivity contribution in [3.63, 3.8) is 0 Å². The number of rotatable bonds is 4. The first kappa shape index (κ1) is 22.9. The zero-order valence-corrected chi connectivity index (χ0v) is 15.3. The van der Waals surface area contributed by atoms with Crippen molar-refractivity contribution in [1.82, 2.24) is 0 Å². The topological polar surface area (TPSA) is 70.5 Å². The molecule has 13 heteroatoms. The summed E-state index contributed by atoms with van der Waals surface area (Å²) < 4.78 is 133. The van der Waals surface area contributed by atoms with Gasteiger partial charge in [-0.2, -0.15) is 17.6 Å². The van der Waals surface area contributed by atoms with Crippen molar-refractivity contribution in [1.29, 1.82) is 0 Å². The largest absolute Gasteiger partial charge is 0.450 e. The number of halogens is 9. The molecule has 3 aromatic rings. The number of nitrogens with two attached hydrogens (primary N) is 2. The lowest BCUT2D eigenvalue weighted by Crippen LogP contribution is -2.11. The van der Waals surface area contributed by atoms with E-state index < -0.39 is 81.0 Å². The summed E-state index contributed by atoms with van der Waals surface area (Å²) in [6.07, 6.45) is -5.41. The number of alkyl halides is 3. The molecule has 0 aliphatic carbocycles. The van der Waals surface area contributed by atoms with Gasteiger partial charge in [0.25, 0.3) is 0 Å². The first-order chi connectivity index (χ1) is 14.8. The second-order valence-corrected chi connectivity index (χ2v) is 6.13. The van der Waals surface area contributed by atoms with Crippen molar-refractivity contribution < 1.29 is 49.0 Å². The van der Waals surface area contributed by atoms with Crippen LogP contribution in [0.5, 0.6) is 23.0 Å². The lowest BCUT2D eigenvalue weighted by Gasteiger charge is -2.18. The standard InChI is InChI=1S/C19H9F9N2O2/c20-7-1-3-10(12(23)15(7)29)31-17-6(19(26,27)28)5-9(22)18(14(17)25)32-11-4-2-8(21)16(30)13(11)24/h1-5H,29-30H2. The van der Waals surface area contributed by atoms with Gasteiger partial charge in [-0.25, -0.2) is 22.0 Å². The molecule has 3 aromatic carbocycles. The molecule has 170 valence electrons. The van der Waals surface area contributed by atoms with Gasteiger partial charge in [0.1, 0.15) is 28.6 Å². The minimum atomic E-state index is -5.41. The van der Waals surface area contributed by atoms with E-state index in [-0.39, 0.29) is 6.07 Å². The maximum atomic E-state index is 14.9. The Bertz CT molecular complexity index is 1210. The Kier molecular flexibility index (Phi) is 5.76. The van der Waals surface area contributed by atoms with E-state index in [1.165, 1.54) is 0 Å². The highest BCUT2D eigenvalue weighted by Gasteiger charge is 2.39. The Balaban J connectivity index is 2.18. The molecule has 0 saturated carbocycles. The summed E-state index contributed by atoms with van der Waals surface area (Å²) in [5.41, 5.74) is 5.91. The molecule has 4 nitrogen and oxygen atoms in total. The molecule has 0 heterocycles. The quantitative estimate of drug-likeness (QED) is 0.349. The molecule has 0 spiro atoms. The van der Waals surface area contributed by atoms with Crippen LogP contribution in [0.2, 0.25) is 0 Å². The smallest absolute Gasteiger partial charge is 0.420 e. The van der Waals surface area contributed by atoms with E-state index in [1.807, 2.05) is 0 Å². The molecule has 0 aliphatic rings. The van der Waals surface area contributed by atoms with Gasteiger partial charge in [0.05, 0.1) is 0 Å². The van der Waals surface area contributed by atoms with Gasteiger partial charge in [-0.3, -0.25) is 0 Å². The third-order valence-corrected chi connectivity index (χ3v) is 4.04. The molecule has 0 aromatic heterocycles. The van der Waals surface area contributed by atoms with Crippen molar-refractivity contribution in [2.75, 3.05) is 11.5 Å². The average molecular weight is 468 g/mol. The maximum Gasteiger partial charge on any atom is 0.420 e. The summed E-state index contributed by atoms with van der Waals surface area (Å²) >= 11 is 0. The van der Waals surface area contributed by atoms with E-state index in [0.717, 1.165) is 0 Å². The molecule has 0 unspecified atom stereocenters. The van der Waals surface area contributed by atoms with Crippen molar-refractivity contribution in [3.8, 4) is 23.0 Å². The number of hydrogen-bond acceptors (Lipinski definition) is 4. The SMILES string of the molecule is Nc1c(F)ccc(Oc2c(F)cc(C(F)(F)F)c(Oc3ccc(F)c(N)c3F)c2F)c1F. The minimum absolute atomic E-state index is 0.261. The van der Waals surface area contributed by atoms with Crippen LogP contribution < -0.4 is 20.9 Å². The Morgan fingerprint density at radius 2 is 1.03 bits per heavy atom. The number of hydrogen-bond donors (Lipinski definition) is 2. The van der Waals surface area contributed by atoms with Gasteiger partial charge in [0.15, 0.2) is 34.7 Å². The summed E-state index contributed by atoms with van der Waals surface area (Å²) in [5.74, 6) is -15.5. The van der Waals surface area contributed by atoms with Crippen LogP contribution in [0.4, 0.5) is 50.9 Å². The molecular formula is C19H9F9N2O2. The molecule has 0 fully saturated rings. The van der Waals surface area contributed by atoms with Gasteiger partial charge in [-0.15, -0.1) is 0 Å². The maximum absolute atomic E-state index is 14.9. The fraction of sp³-hybridized carbons (Fsp3) is 0.0526. The normalized spacial score (nSPS) is 11.5. The highest BCUT2D eigenvalue weighted by atomic mass is 19.4. The van der Waals surface area contributed by atoms with E-state index in [9.17, 15) is 39.5 Å². The lowest BCUT2D eigenvalue weighted by atomic mass is 10.1. The molecule has 0 bridgehead atoms. The Hall–Kier alpha value is -3.77.